The molecule has 1 aliphatic heterocycles. The molecule has 0 saturated carbocycles. The number of nitrogens with two attached hydrogens (primary N) is 1. The van der Waals surface area contributed by atoms with E-state index in [1.807, 2.05) is 30.6 Å². The lowest BCUT2D eigenvalue weighted by molar-refractivity contribution is 0.273. The van der Waals surface area contributed by atoms with Crippen LogP contribution in [0.2, 0.25) is 0 Å². The van der Waals surface area contributed by atoms with Gasteiger partial charge in [-0.15, -0.1) is 0 Å². The normalized spacial score (nSPS) is 16.3. The Morgan fingerprint density at radius 2 is 1.88 bits per heavy atom. The van der Waals surface area contributed by atoms with Crippen molar-refractivity contribution in [2.45, 2.75) is 32.2 Å². The minimum atomic E-state index is 0.759. The van der Waals surface area contributed by atoms with Crippen molar-refractivity contribution in [2.24, 2.45) is 0 Å². The van der Waals surface area contributed by atoms with Gasteiger partial charge in [0.05, 0.1) is 11.4 Å². The van der Waals surface area contributed by atoms with Crippen LogP contribution in [0.25, 0.3) is 16.9 Å². The summed E-state index contributed by atoms with van der Waals surface area (Å²) in [5.41, 5.74) is 11.0. The highest BCUT2D eigenvalue weighted by Crippen LogP contribution is 2.26. The number of aromatic nitrogens is 3. The highest BCUT2D eigenvalue weighted by molar-refractivity contribution is 5.66. The molecule has 124 valence electrons. The summed E-state index contributed by atoms with van der Waals surface area (Å²) in [5, 5.41) is 0. The van der Waals surface area contributed by atoms with Crippen LogP contribution >= 0.6 is 0 Å². The van der Waals surface area contributed by atoms with Gasteiger partial charge in [-0.1, -0.05) is 12.8 Å². The van der Waals surface area contributed by atoms with Crippen molar-refractivity contribution in [3.8, 4) is 11.3 Å². The number of likely N-dealkylation sites (tertiary alicyclic amines) is 1. The van der Waals surface area contributed by atoms with Crippen LogP contribution in [0.3, 0.4) is 0 Å². The molecule has 0 amide bonds. The highest BCUT2D eigenvalue weighted by atomic mass is 15.2. The molecule has 0 aliphatic carbocycles. The second kappa shape index (κ2) is 6.61. The Balaban J connectivity index is 1.79. The number of nitrogen functional groups attached to an aromatic ring is 1. The van der Waals surface area contributed by atoms with E-state index in [2.05, 4.69) is 20.4 Å². The number of pyridine rings is 2. The van der Waals surface area contributed by atoms with Crippen molar-refractivity contribution in [1.82, 2.24) is 19.3 Å². The highest BCUT2D eigenvalue weighted by Gasteiger charge is 2.18. The molecular weight excluding hydrogens is 298 g/mol. The van der Waals surface area contributed by atoms with Gasteiger partial charge in [0.15, 0.2) is 0 Å². The fourth-order valence-electron chi connectivity index (χ4n) is 3.50. The van der Waals surface area contributed by atoms with Crippen LogP contribution in [0.1, 0.15) is 31.4 Å². The summed E-state index contributed by atoms with van der Waals surface area (Å²) in [6, 6.07) is 7.93. The average Bonchev–Trinajstić information content (AvgIpc) is 2.78. The van der Waals surface area contributed by atoms with Crippen LogP contribution in [0, 0.1) is 0 Å². The van der Waals surface area contributed by atoms with E-state index in [1.165, 1.54) is 31.4 Å². The average molecular weight is 321 g/mol. The molecule has 0 unspecified atom stereocenters. The largest absolute Gasteiger partial charge is 0.398 e. The van der Waals surface area contributed by atoms with Crippen molar-refractivity contribution < 1.29 is 0 Å². The van der Waals surface area contributed by atoms with Crippen molar-refractivity contribution in [2.75, 3.05) is 18.8 Å². The van der Waals surface area contributed by atoms with Gasteiger partial charge in [0.1, 0.15) is 5.65 Å². The van der Waals surface area contributed by atoms with Gasteiger partial charge in [-0.3, -0.25) is 9.88 Å². The summed E-state index contributed by atoms with van der Waals surface area (Å²) in [4.78, 5) is 11.7. The molecule has 24 heavy (non-hydrogen) atoms. The van der Waals surface area contributed by atoms with Crippen LogP contribution in [0.5, 0.6) is 0 Å². The second-order valence-electron chi connectivity index (χ2n) is 6.53. The molecule has 4 rings (SSSR count). The van der Waals surface area contributed by atoms with Crippen LogP contribution in [0.15, 0.2) is 42.9 Å². The third kappa shape index (κ3) is 2.99. The van der Waals surface area contributed by atoms with E-state index in [0.717, 1.165) is 42.2 Å². The number of imidazole rings is 1. The Labute approximate surface area is 142 Å². The van der Waals surface area contributed by atoms with Gasteiger partial charge in [-0.2, -0.15) is 0 Å². The standard InChI is InChI=1S/C19H23N5/c20-16-7-8-18-22-19(15-6-5-9-21-12-15)17(24(18)13-16)14-23-10-3-1-2-4-11-23/h5-9,12-13H,1-4,10-11,14,20H2. The van der Waals surface area contributed by atoms with E-state index >= 15 is 0 Å². The van der Waals surface area contributed by atoms with E-state index in [-0.39, 0.29) is 0 Å². The Bertz CT molecular complexity index is 816. The predicted molar refractivity (Wildman–Crippen MR) is 96.6 cm³/mol. The van der Waals surface area contributed by atoms with Crippen molar-refractivity contribution >= 4 is 11.3 Å². The maximum atomic E-state index is 6.02. The number of anilines is 1. The molecule has 2 N–H and O–H groups in total. The lowest BCUT2D eigenvalue weighted by Gasteiger charge is -2.20. The number of rotatable bonds is 3. The molecule has 0 aromatic carbocycles. The molecule has 1 aliphatic rings. The van der Waals surface area contributed by atoms with Gasteiger partial charge < -0.3 is 10.1 Å². The van der Waals surface area contributed by atoms with E-state index in [9.17, 15) is 0 Å². The monoisotopic (exact) mass is 321 g/mol. The van der Waals surface area contributed by atoms with Crippen molar-refractivity contribution in [1.29, 1.82) is 0 Å². The topological polar surface area (TPSA) is 59.5 Å². The Morgan fingerprint density at radius 3 is 2.62 bits per heavy atom. The quantitative estimate of drug-likeness (QED) is 0.803. The van der Waals surface area contributed by atoms with Gasteiger partial charge in [0.25, 0.3) is 0 Å². The second-order valence-corrected chi connectivity index (χ2v) is 6.53. The Kier molecular flexibility index (Phi) is 4.17. The van der Waals surface area contributed by atoms with Gasteiger partial charge >= 0.3 is 0 Å². The minimum Gasteiger partial charge on any atom is -0.398 e. The zero-order chi connectivity index (χ0) is 16.4. The summed E-state index contributed by atoms with van der Waals surface area (Å²) in [6.07, 6.45) is 10.9. The summed E-state index contributed by atoms with van der Waals surface area (Å²) >= 11 is 0. The van der Waals surface area contributed by atoms with Gasteiger partial charge in [0, 0.05) is 36.4 Å². The smallest absolute Gasteiger partial charge is 0.137 e. The number of fused-ring (bicyclic) bond motifs is 1. The molecule has 1 fully saturated rings. The lowest BCUT2D eigenvalue weighted by atomic mass is 10.1. The van der Waals surface area contributed by atoms with E-state index in [1.54, 1.807) is 6.20 Å². The molecule has 0 radical (unpaired) electrons. The van der Waals surface area contributed by atoms with Crippen LogP contribution < -0.4 is 5.73 Å². The Hall–Kier alpha value is -2.40. The van der Waals surface area contributed by atoms with Crippen molar-refractivity contribution in [3.63, 3.8) is 0 Å². The number of nitrogens with zero attached hydrogens (tertiary/aromatic N) is 4. The van der Waals surface area contributed by atoms with Crippen molar-refractivity contribution in [3.05, 3.63) is 48.5 Å². The molecule has 0 spiro atoms. The summed E-state index contributed by atoms with van der Waals surface area (Å²) < 4.78 is 2.14. The Morgan fingerprint density at radius 1 is 1.04 bits per heavy atom. The third-order valence-corrected chi connectivity index (χ3v) is 4.75. The van der Waals surface area contributed by atoms with E-state index in [4.69, 9.17) is 10.7 Å². The molecule has 5 nitrogen and oxygen atoms in total. The molecule has 0 bridgehead atoms. The molecule has 5 heteroatoms. The number of hydrogen-bond acceptors (Lipinski definition) is 4. The van der Waals surface area contributed by atoms with Crippen LogP contribution in [0.4, 0.5) is 5.69 Å². The fraction of sp³-hybridized carbons (Fsp3) is 0.368. The van der Waals surface area contributed by atoms with Crippen LogP contribution in [-0.2, 0) is 6.54 Å². The molecular formula is C19H23N5. The zero-order valence-corrected chi connectivity index (χ0v) is 13.9. The number of hydrogen-bond donors (Lipinski definition) is 1. The van der Waals surface area contributed by atoms with Crippen LogP contribution in [-0.4, -0.2) is 32.4 Å². The molecule has 3 aromatic heterocycles. The molecule has 4 heterocycles. The first kappa shape index (κ1) is 15.1. The molecule has 3 aromatic rings. The summed E-state index contributed by atoms with van der Waals surface area (Å²) in [7, 11) is 0. The van der Waals surface area contributed by atoms with E-state index in [0.29, 0.717) is 0 Å². The summed E-state index contributed by atoms with van der Waals surface area (Å²) in [6.45, 7) is 3.21. The fourth-order valence-corrected chi connectivity index (χ4v) is 3.50. The first-order valence-corrected chi connectivity index (χ1v) is 8.70. The minimum absolute atomic E-state index is 0.759. The SMILES string of the molecule is Nc1ccc2nc(-c3cccnc3)c(CN3CCCCCC3)n2c1. The zero-order valence-electron chi connectivity index (χ0n) is 13.9. The summed E-state index contributed by atoms with van der Waals surface area (Å²) in [5.74, 6) is 0. The predicted octanol–water partition coefficient (Wildman–Crippen LogP) is 3.35. The first-order valence-electron chi connectivity index (χ1n) is 8.70. The first-order chi connectivity index (χ1) is 11.8. The van der Waals surface area contributed by atoms with Gasteiger partial charge in [-0.05, 0) is 50.2 Å². The maximum Gasteiger partial charge on any atom is 0.137 e. The maximum absolute atomic E-state index is 6.02. The van der Waals surface area contributed by atoms with Gasteiger partial charge in [0.2, 0.25) is 0 Å². The van der Waals surface area contributed by atoms with Gasteiger partial charge in [-0.25, -0.2) is 4.98 Å². The lowest BCUT2D eigenvalue weighted by Crippen LogP contribution is -2.25. The molecule has 0 atom stereocenters. The molecule has 1 saturated heterocycles. The van der Waals surface area contributed by atoms with E-state index < -0.39 is 0 Å². The third-order valence-electron chi connectivity index (χ3n) is 4.75.